The summed E-state index contributed by atoms with van der Waals surface area (Å²) in [7, 11) is 0. The number of fused-ring (bicyclic) bond motifs is 1. The molecule has 1 aliphatic rings. The first-order chi connectivity index (χ1) is 13.5. The van der Waals surface area contributed by atoms with Crippen LogP contribution in [0.25, 0.3) is 11.0 Å². The van der Waals surface area contributed by atoms with E-state index in [-0.39, 0.29) is 36.9 Å². The number of ether oxygens (including phenoxy) is 1. The number of likely N-dealkylation sites (tertiary alicyclic amines) is 1. The zero-order valence-corrected chi connectivity index (χ0v) is 15.9. The number of aromatic nitrogens is 3. The lowest BCUT2D eigenvalue weighted by molar-refractivity contribution is -0.137. The van der Waals surface area contributed by atoms with E-state index in [1.165, 1.54) is 12.1 Å². The summed E-state index contributed by atoms with van der Waals surface area (Å²) in [6.07, 6.45) is 1.79. The number of nitrogens with one attached hydrogen (secondary N) is 1. The van der Waals surface area contributed by atoms with Crippen LogP contribution < -0.4 is 0 Å². The van der Waals surface area contributed by atoms with Crippen LogP contribution in [-0.4, -0.2) is 39.1 Å². The second-order valence-electron chi connectivity index (χ2n) is 7.39. The van der Waals surface area contributed by atoms with Crippen molar-refractivity contribution >= 4 is 16.9 Å². The van der Waals surface area contributed by atoms with Crippen molar-refractivity contribution in [2.24, 2.45) is 0 Å². The highest BCUT2D eigenvalue weighted by Crippen LogP contribution is 2.32. The molecule has 1 atom stereocenters. The van der Waals surface area contributed by atoms with Crippen molar-refractivity contribution in [1.82, 2.24) is 20.0 Å². The van der Waals surface area contributed by atoms with Crippen molar-refractivity contribution in [3.8, 4) is 0 Å². The van der Waals surface area contributed by atoms with Gasteiger partial charge in [0, 0.05) is 18.5 Å². The Kier molecular flexibility index (Phi) is 5.13. The fraction of sp³-hybridized carbons (Fsp3) is 0.450. The van der Waals surface area contributed by atoms with Gasteiger partial charge in [0.05, 0.1) is 17.1 Å². The molecule has 2 aromatic heterocycles. The summed E-state index contributed by atoms with van der Waals surface area (Å²) >= 11 is 0. The van der Waals surface area contributed by atoms with Crippen molar-refractivity contribution in [2.75, 3.05) is 13.2 Å². The molecular formula is C20H23FN4O3. The van der Waals surface area contributed by atoms with Gasteiger partial charge in [-0.2, -0.15) is 0 Å². The number of halogens is 1. The summed E-state index contributed by atoms with van der Waals surface area (Å²) in [5, 5.41) is 4.16. The number of nitrogens with zero attached hydrogens (tertiary/aromatic N) is 3. The van der Waals surface area contributed by atoms with Crippen LogP contribution in [0.15, 0.2) is 28.8 Å². The molecule has 0 radical (unpaired) electrons. The summed E-state index contributed by atoms with van der Waals surface area (Å²) in [6, 6.07) is 6.22. The third-order valence-electron chi connectivity index (χ3n) is 4.99. The molecule has 0 saturated carbocycles. The number of carbonyl (C=O) groups is 1. The van der Waals surface area contributed by atoms with Crippen LogP contribution in [0.5, 0.6) is 0 Å². The summed E-state index contributed by atoms with van der Waals surface area (Å²) in [5.41, 5.74) is 2.07. The summed E-state index contributed by atoms with van der Waals surface area (Å²) < 4.78 is 24.2. The molecule has 3 heterocycles. The fourth-order valence-corrected chi connectivity index (χ4v) is 3.53. The van der Waals surface area contributed by atoms with Gasteiger partial charge < -0.3 is 19.1 Å². The highest BCUT2D eigenvalue weighted by molar-refractivity contribution is 5.78. The van der Waals surface area contributed by atoms with Crippen LogP contribution in [0.4, 0.5) is 4.39 Å². The van der Waals surface area contributed by atoms with Crippen LogP contribution in [-0.2, 0) is 16.1 Å². The average molecular weight is 386 g/mol. The molecule has 1 aromatic carbocycles. The number of imidazole rings is 1. The number of hydrogen-bond acceptors (Lipinski definition) is 5. The maximum atomic E-state index is 13.3. The van der Waals surface area contributed by atoms with Crippen LogP contribution in [0.1, 0.15) is 55.9 Å². The molecule has 1 N–H and O–H groups in total. The molecule has 0 spiro atoms. The molecule has 7 nitrogen and oxygen atoms in total. The first-order valence-electron chi connectivity index (χ1n) is 9.49. The molecule has 1 aliphatic heterocycles. The van der Waals surface area contributed by atoms with Crippen LogP contribution >= 0.6 is 0 Å². The molecule has 4 rings (SSSR count). The molecule has 0 unspecified atom stereocenters. The second kappa shape index (κ2) is 7.71. The Labute approximate surface area is 161 Å². The Hall–Kier alpha value is -2.74. The maximum Gasteiger partial charge on any atom is 0.249 e. The van der Waals surface area contributed by atoms with Crippen molar-refractivity contribution in [1.29, 1.82) is 0 Å². The van der Waals surface area contributed by atoms with E-state index < -0.39 is 0 Å². The zero-order chi connectivity index (χ0) is 19.7. The SMILES string of the molecule is CC(C)c1cc([C@H]2CCCN2C(=O)COCc2nc3ccc(F)cc3[nH]2)no1. The molecule has 1 saturated heterocycles. The molecule has 1 amide bonds. The fourth-order valence-electron chi connectivity index (χ4n) is 3.53. The third-order valence-corrected chi connectivity index (χ3v) is 4.99. The first-order valence-corrected chi connectivity index (χ1v) is 9.49. The molecule has 3 aromatic rings. The molecule has 8 heteroatoms. The minimum Gasteiger partial charge on any atom is -0.364 e. The molecular weight excluding hydrogens is 363 g/mol. The van der Waals surface area contributed by atoms with E-state index in [0.29, 0.717) is 23.4 Å². The molecule has 28 heavy (non-hydrogen) atoms. The molecule has 1 fully saturated rings. The average Bonchev–Trinajstić information content (AvgIpc) is 3.39. The topological polar surface area (TPSA) is 84.3 Å². The number of aromatic amines is 1. The summed E-state index contributed by atoms with van der Waals surface area (Å²) in [6.45, 7) is 4.88. The van der Waals surface area contributed by atoms with Crippen LogP contribution in [0, 0.1) is 5.82 Å². The van der Waals surface area contributed by atoms with E-state index in [1.54, 1.807) is 11.0 Å². The highest BCUT2D eigenvalue weighted by atomic mass is 19.1. The quantitative estimate of drug-likeness (QED) is 0.698. The van der Waals surface area contributed by atoms with Gasteiger partial charge in [-0.25, -0.2) is 9.37 Å². The Balaban J connectivity index is 1.35. The van der Waals surface area contributed by atoms with Crippen molar-refractivity contribution in [2.45, 2.75) is 45.3 Å². The number of hydrogen-bond donors (Lipinski definition) is 1. The third kappa shape index (κ3) is 3.77. The van der Waals surface area contributed by atoms with Crippen molar-refractivity contribution < 1.29 is 18.4 Å². The number of amides is 1. The Morgan fingerprint density at radius 2 is 2.29 bits per heavy atom. The van der Waals surface area contributed by atoms with Gasteiger partial charge in [-0.15, -0.1) is 0 Å². The van der Waals surface area contributed by atoms with Crippen molar-refractivity contribution in [3.63, 3.8) is 0 Å². The normalized spacial score (nSPS) is 17.1. The van der Waals surface area contributed by atoms with Gasteiger partial charge in [-0.3, -0.25) is 4.79 Å². The Morgan fingerprint density at radius 1 is 1.43 bits per heavy atom. The van der Waals surface area contributed by atoms with Crippen LogP contribution in [0.2, 0.25) is 0 Å². The second-order valence-corrected chi connectivity index (χ2v) is 7.39. The van der Waals surface area contributed by atoms with E-state index in [9.17, 15) is 9.18 Å². The van der Waals surface area contributed by atoms with Crippen LogP contribution in [0.3, 0.4) is 0 Å². The van der Waals surface area contributed by atoms with Gasteiger partial charge in [-0.1, -0.05) is 19.0 Å². The highest BCUT2D eigenvalue weighted by Gasteiger charge is 2.32. The van der Waals surface area contributed by atoms with Gasteiger partial charge in [-0.05, 0) is 31.0 Å². The lowest BCUT2D eigenvalue weighted by atomic mass is 10.1. The maximum absolute atomic E-state index is 13.3. The molecule has 0 bridgehead atoms. The summed E-state index contributed by atoms with van der Waals surface area (Å²) in [4.78, 5) is 21.8. The van der Waals surface area contributed by atoms with E-state index in [4.69, 9.17) is 9.26 Å². The number of carbonyl (C=O) groups excluding carboxylic acids is 1. The zero-order valence-electron chi connectivity index (χ0n) is 15.9. The predicted molar refractivity (Wildman–Crippen MR) is 100.0 cm³/mol. The summed E-state index contributed by atoms with van der Waals surface area (Å²) in [5.74, 6) is 1.23. The minimum absolute atomic E-state index is 0.0448. The van der Waals surface area contributed by atoms with Crippen molar-refractivity contribution in [3.05, 3.63) is 47.4 Å². The van der Waals surface area contributed by atoms with Gasteiger partial charge in [0.2, 0.25) is 5.91 Å². The lowest BCUT2D eigenvalue weighted by Gasteiger charge is -2.22. The minimum atomic E-state index is -0.327. The van der Waals surface area contributed by atoms with E-state index in [1.807, 2.05) is 19.9 Å². The monoisotopic (exact) mass is 386 g/mol. The number of rotatable bonds is 6. The van der Waals surface area contributed by atoms with Gasteiger partial charge in [0.1, 0.15) is 36.3 Å². The van der Waals surface area contributed by atoms with E-state index in [0.717, 1.165) is 24.3 Å². The van der Waals surface area contributed by atoms with Gasteiger partial charge in [0.25, 0.3) is 0 Å². The Bertz CT molecular complexity index is 981. The van der Waals surface area contributed by atoms with Gasteiger partial charge in [0.15, 0.2) is 0 Å². The number of benzene rings is 1. The lowest BCUT2D eigenvalue weighted by Crippen LogP contribution is -2.33. The van der Waals surface area contributed by atoms with E-state index in [2.05, 4.69) is 15.1 Å². The smallest absolute Gasteiger partial charge is 0.249 e. The first kappa shape index (κ1) is 18.6. The Morgan fingerprint density at radius 3 is 3.07 bits per heavy atom. The molecule has 148 valence electrons. The van der Waals surface area contributed by atoms with E-state index >= 15 is 0 Å². The largest absolute Gasteiger partial charge is 0.364 e. The molecule has 0 aliphatic carbocycles. The predicted octanol–water partition coefficient (Wildman–Crippen LogP) is 3.69. The number of H-pyrrole nitrogens is 1. The standard InChI is InChI=1S/C20H23FN4O3/c1-12(2)18-9-16(24-28-18)17-4-3-7-25(17)20(26)11-27-10-19-22-14-6-5-13(21)8-15(14)23-19/h5-6,8-9,12,17H,3-4,7,10-11H2,1-2H3,(H,22,23)/t17-/m1/s1. The van der Waals surface area contributed by atoms with Gasteiger partial charge >= 0.3 is 0 Å².